The number of nitro benzene ring substituents is 1. The highest BCUT2D eigenvalue weighted by Gasteiger charge is 2.17. The molecule has 1 aromatic rings. The maximum atomic E-state index is 10.7. The Morgan fingerprint density at radius 3 is 2.71 bits per heavy atom. The molecule has 6 heteroatoms. The summed E-state index contributed by atoms with van der Waals surface area (Å²) in [6.07, 6.45) is 2.21. The molecule has 0 radical (unpaired) electrons. The predicted octanol–water partition coefficient (Wildman–Crippen LogP) is 1.87. The maximum Gasteiger partial charge on any atom is 0.328 e. The van der Waals surface area contributed by atoms with E-state index in [0.717, 1.165) is 6.08 Å². The first-order valence-electron chi connectivity index (χ1n) is 4.56. The third-order valence-electron chi connectivity index (χ3n) is 2.20. The summed E-state index contributed by atoms with van der Waals surface area (Å²) in [5.74, 6) is -1.12. The van der Waals surface area contributed by atoms with E-state index in [0.29, 0.717) is 11.1 Å². The van der Waals surface area contributed by atoms with Crippen LogP contribution in [0.2, 0.25) is 0 Å². The van der Waals surface area contributed by atoms with Gasteiger partial charge in [-0.3, -0.25) is 10.1 Å². The van der Waals surface area contributed by atoms with Crippen LogP contribution in [0.25, 0.3) is 6.08 Å². The number of nitro groups is 1. The summed E-state index contributed by atoms with van der Waals surface area (Å²) in [4.78, 5) is 20.4. The Balaban J connectivity index is 3.36. The summed E-state index contributed by atoms with van der Waals surface area (Å²) in [7, 11) is 0. The first-order chi connectivity index (χ1) is 7.97. The number of nitrogens with zero attached hydrogens (tertiary/aromatic N) is 2. The van der Waals surface area contributed by atoms with Crippen molar-refractivity contribution in [2.45, 2.75) is 6.92 Å². The largest absolute Gasteiger partial charge is 0.478 e. The normalized spacial score (nSPS) is 10.1. The highest BCUT2D eigenvalue weighted by molar-refractivity contribution is 5.86. The number of hydrogen-bond donors (Lipinski definition) is 1. The van der Waals surface area contributed by atoms with Gasteiger partial charge in [-0.15, -0.1) is 0 Å². The molecule has 1 N–H and O–H groups in total. The average molecular weight is 232 g/mol. The monoisotopic (exact) mass is 232 g/mol. The summed E-state index contributed by atoms with van der Waals surface area (Å²) in [6, 6.07) is 4.35. The molecule has 0 spiro atoms. The highest BCUT2D eigenvalue weighted by atomic mass is 16.6. The molecule has 0 aromatic heterocycles. The number of rotatable bonds is 3. The lowest BCUT2D eigenvalue weighted by Gasteiger charge is -2.03. The van der Waals surface area contributed by atoms with E-state index in [-0.39, 0.29) is 11.3 Å². The first kappa shape index (κ1) is 12.4. The van der Waals surface area contributed by atoms with E-state index in [2.05, 4.69) is 0 Å². The van der Waals surface area contributed by atoms with Crippen molar-refractivity contribution in [2.75, 3.05) is 0 Å². The lowest BCUT2D eigenvalue weighted by atomic mass is 10.0. The van der Waals surface area contributed by atoms with Crippen molar-refractivity contribution in [1.82, 2.24) is 0 Å². The molecule has 1 rings (SSSR count). The van der Waals surface area contributed by atoms with Crippen LogP contribution >= 0.6 is 0 Å². The van der Waals surface area contributed by atoms with Crippen LogP contribution in [0.4, 0.5) is 5.69 Å². The van der Waals surface area contributed by atoms with E-state index in [9.17, 15) is 14.9 Å². The van der Waals surface area contributed by atoms with Crippen LogP contribution in [-0.2, 0) is 4.79 Å². The Labute approximate surface area is 96.6 Å². The molecular formula is C11H8N2O4. The van der Waals surface area contributed by atoms with Crippen molar-refractivity contribution in [2.24, 2.45) is 0 Å². The van der Waals surface area contributed by atoms with E-state index < -0.39 is 10.9 Å². The minimum Gasteiger partial charge on any atom is -0.478 e. The van der Waals surface area contributed by atoms with Gasteiger partial charge >= 0.3 is 5.97 Å². The predicted molar refractivity (Wildman–Crippen MR) is 59.2 cm³/mol. The Kier molecular flexibility index (Phi) is 3.57. The molecule has 0 aliphatic heterocycles. The van der Waals surface area contributed by atoms with E-state index in [4.69, 9.17) is 10.4 Å². The first-order valence-corrected chi connectivity index (χ1v) is 4.56. The minimum atomic E-state index is -1.12. The molecule has 0 bridgehead atoms. The topological polar surface area (TPSA) is 104 Å². The standard InChI is InChI=1S/C11H8N2O4/c1-7-8(3-5-11(14)15)2-4-10(13(16)17)9(7)6-12/h2-5H,1H3,(H,14,15)/b5-3+. The van der Waals surface area contributed by atoms with Crippen LogP contribution in [0.3, 0.4) is 0 Å². The van der Waals surface area contributed by atoms with E-state index in [1.807, 2.05) is 0 Å². The molecule has 0 heterocycles. The maximum absolute atomic E-state index is 10.7. The number of carbonyl (C=O) groups is 1. The van der Waals surface area contributed by atoms with Gasteiger partial charge in [0.15, 0.2) is 0 Å². The van der Waals surface area contributed by atoms with Crippen LogP contribution in [0.15, 0.2) is 18.2 Å². The average Bonchev–Trinajstić information content (AvgIpc) is 2.26. The van der Waals surface area contributed by atoms with Crippen molar-refractivity contribution < 1.29 is 14.8 Å². The number of benzene rings is 1. The van der Waals surface area contributed by atoms with Crippen molar-refractivity contribution >= 4 is 17.7 Å². The second-order valence-corrected chi connectivity index (χ2v) is 3.21. The van der Waals surface area contributed by atoms with E-state index in [1.54, 1.807) is 6.07 Å². The Bertz CT molecular complexity index is 555. The number of carboxylic acid groups (broad SMARTS) is 1. The minimum absolute atomic E-state index is 0.0532. The molecule has 17 heavy (non-hydrogen) atoms. The van der Waals surface area contributed by atoms with E-state index in [1.165, 1.54) is 25.1 Å². The molecular weight excluding hydrogens is 224 g/mol. The van der Waals surface area contributed by atoms with Crippen LogP contribution in [0.5, 0.6) is 0 Å². The highest BCUT2D eigenvalue weighted by Crippen LogP contribution is 2.24. The fourth-order valence-electron chi connectivity index (χ4n) is 1.35. The molecule has 86 valence electrons. The van der Waals surface area contributed by atoms with Gasteiger partial charge in [-0.1, -0.05) is 0 Å². The molecule has 0 atom stereocenters. The van der Waals surface area contributed by atoms with Gasteiger partial charge in [0.1, 0.15) is 11.6 Å². The van der Waals surface area contributed by atoms with Gasteiger partial charge in [-0.2, -0.15) is 5.26 Å². The van der Waals surface area contributed by atoms with Crippen LogP contribution < -0.4 is 0 Å². The van der Waals surface area contributed by atoms with Gasteiger partial charge in [-0.25, -0.2) is 4.79 Å². The number of aliphatic carboxylic acids is 1. The van der Waals surface area contributed by atoms with Crippen LogP contribution in [0, 0.1) is 28.4 Å². The summed E-state index contributed by atoms with van der Waals surface area (Å²) in [5.41, 5.74) is 0.522. The quantitative estimate of drug-likeness (QED) is 0.486. The van der Waals surface area contributed by atoms with Gasteiger partial charge in [0, 0.05) is 12.1 Å². The van der Waals surface area contributed by atoms with Crippen molar-refractivity contribution in [3.8, 4) is 6.07 Å². The summed E-state index contributed by atoms with van der Waals surface area (Å²) in [6.45, 7) is 1.53. The lowest BCUT2D eigenvalue weighted by Crippen LogP contribution is -1.97. The zero-order valence-corrected chi connectivity index (χ0v) is 8.88. The molecule has 1 aromatic carbocycles. The van der Waals surface area contributed by atoms with Crippen molar-refractivity contribution in [3.05, 3.63) is 45.0 Å². The summed E-state index contributed by atoms with van der Waals surface area (Å²) < 4.78 is 0. The van der Waals surface area contributed by atoms with Gasteiger partial charge < -0.3 is 5.11 Å². The van der Waals surface area contributed by atoms with Crippen LogP contribution in [-0.4, -0.2) is 16.0 Å². The summed E-state index contributed by atoms with van der Waals surface area (Å²) in [5, 5.41) is 28.0. The lowest BCUT2D eigenvalue weighted by molar-refractivity contribution is -0.385. The van der Waals surface area contributed by atoms with Crippen molar-refractivity contribution in [1.29, 1.82) is 5.26 Å². The molecule has 0 unspecified atom stereocenters. The third-order valence-corrected chi connectivity index (χ3v) is 2.20. The number of hydrogen-bond acceptors (Lipinski definition) is 4. The summed E-state index contributed by atoms with van der Waals surface area (Å²) >= 11 is 0. The van der Waals surface area contributed by atoms with E-state index >= 15 is 0 Å². The Morgan fingerprint density at radius 2 is 2.24 bits per heavy atom. The second kappa shape index (κ2) is 4.90. The second-order valence-electron chi connectivity index (χ2n) is 3.21. The molecule has 0 aliphatic rings. The van der Waals surface area contributed by atoms with Gasteiger partial charge in [0.05, 0.1) is 4.92 Å². The third kappa shape index (κ3) is 2.66. The zero-order valence-electron chi connectivity index (χ0n) is 8.88. The molecule has 0 saturated heterocycles. The Hall–Kier alpha value is -2.68. The zero-order chi connectivity index (χ0) is 13.0. The molecule has 0 aliphatic carbocycles. The van der Waals surface area contributed by atoms with Crippen LogP contribution in [0.1, 0.15) is 16.7 Å². The van der Waals surface area contributed by atoms with Gasteiger partial charge in [0.25, 0.3) is 5.69 Å². The Morgan fingerprint density at radius 1 is 1.59 bits per heavy atom. The number of carboxylic acids is 1. The molecule has 6 nitrogen and oxygen atoms in total. The fourth-order valence-corrected chi connectivity index (χ4v) is 1.35. The van der Waals surface area contributed by atoms with Crippen molar-refractivity contribution in [3.63, 3.8) is 0 Å². The SMILES string of the molecule is Cc1c(/C=C/C(=O)O)ccc([N+](=O)[O-])c1C#N. The molecule has 0 fully saturated rings. The molecule has 0 amide bonds. The number of nitriles is 1. The smallest absolute Gasteiger partial charge is 0.328 e. The van der Waals surface area contributed by atoms with Gasteiger partial charge in [0.2, 0.25) is 0 Å². The van der Waals surface area contributed by atoms with Gasteiger partial charge in [-0.05, 0) is 30.2 Å². The fraction of sp³-hybridized carbons (Fsp3) is 0.0909. The molecule has 0 saturated carbocycles.